The minimum absolute atomic E-state index is 0.246. The number of hydrogen-bond acceptors (Lipinski definition) is 3. The number of amides is 2. The topological polar surface area (TPSA) is 87.3 Å². The van der Waals surface area contributed by atoms with Gasteiger partial charge in [0.25, 0.3) is 10.0 Å². The zero-order valence-electron chi connectivity index (χ0n) is 13.5. The summed E-state index contributed by atoms with van der Waals surface area (Å²) < 4.78 is 40.8. The van der Waals surface area contributed by atoms with Crippen molar-refractivity contribution in [3.05, 3.63) is 53.8 Å². The molecule has 0 spiro atoms. The molecule has 6 nitrogen and oxygen atoms in total. The Morgan fingerprint density at radius 1 is 1.08 bits per heavy atom. The van der Waals surface area contributed by atoms with Crippen LogP contribution in [0.15, 0.2) is 47.4 Å². The third-order valence-electron chi connectivity index (χ3n) is 3.68. The van der Waals surface area contributed by atoms with E-state index in [4.69, 9.17) is 0 Å². The Morgan fingerprint density at radius 2 is 1.72 bits per heavy atom. The average Bonchev–Trinajstić information content (AvgIpc) is 3.35. The molecule has 25 heavy (non-hydrogen) atoms. The van der Waals surface area contributed by atoms with Crippen LogP contribution in [0.5, 0.6) is 0 Å². The number of halogens is 1. The Bertz CT molecular complexity index is 894. The molecule has 1 fully saturated rings. The molecule has 0 unspecified atom stereocenters. The summed E-state index contributed by atoms with van der Waals surface area (Å²) >= 11 is 0. The standard InChI is InChI=1S/C17H18FN3O3S/c1-11-2-9-15(18)16(10-11)25(23,24)21-14-7-5-13(6-8-14)20-17(22)19-12-3-4-12/h2,5-10,12,21H,3-4H2,1H3,(H2,19,20,22). The Labute approximate surface area is 145 Å². The van der Waals surface area contributed by atoms with E-state index in [2.05, 4.69) is 15.4 Å². The first-order chi connectivity index (χ1) is 11.8. The summed E-state index contributed by atoms with van der Waals surface area (Å²) in [5.41, 5.74) is 1.44. The van der Waals surface area contributed by atoms with Gasteiger partial charge in [-0.1, -0.05) is 6.07 Å². The van der Waals surface area contributed by atoms with Crippen LogP contribution < -0.4 is 15.4 Å². The van der Waals surface area contributed by atoms with Gasteiger partial charge in [-0.3, -0.25) is 4.72 Å². The first-order valence-corrected chi connectivity index (χ1v) is 9.28. The van der Waals surface area contributed by atoms with Crippen molar-refractivity contribution in [1.29, 1.82) is 0 Å². The lowest BCUT2D eigenvalue weighted by Gasteiger charge is -2.11. The van der Waals surface area contributed by atoms with E-state index in [1.807, 2.05) is 0 Å². The number of hydrogen-bond donors (Lipinski definition) is 3. The predicted octanol–water partition coefficient (Wildman–Crippen LogP) is 3.22. The van der Waals surface area contributed by atoms with E-state index in [0.717, 1.165) is 18.9 Å². The van der Waals surface area contributed by atoms with Crippen LogP contribution in [-0.2, 0) is 10.0 Å². The number of sulfonamides is 1. The molecule has 2 amide bonds. The molecule has 2 aromatic rings. The maximum absolute atomic E-state index is 13.8. The van der Waals surface area contributed by atoms with Gasteiger partial charge < -0.3 is 10.6 Å². The van der Waals surface area contributed by atoms with Crippen molar-refractivity contribution in [2.45, 2.75) is 30.7 Å². The largest absolute Gasteiger partial charge is 0.335 e. The van der Waals surface area contributed by atoms with E-state index in [1.165, 1.54) is 24.3 Å². The monoisotopic (exact) mass is 363 g/mol. The Kier molecular flexibility index (Phi) is 4.63. The molecule has 3 rings (SSSR count). The van der Waals surface area contributed by atoms with Crippen molar-refractivity contribution in [3.8, 4) is 0 Å². The molecule has 0 aliphatic heterocycles. The summed E-state index contributed by atoms with van der Waals surface area (Å²) in [6.07, 6.45) is 1.98. The van der Waals surface area contributed by atoms with Crippen LogP contribution in [0.3, 0.4) is 0 Å². The summed E-state index contributed by atoms with van der Waals surface area (Å²) in [7, 11) is -4.03. The highest BCUT2D eigenvalue weighted by molar-refractivity contribution is 7.92. The van der Waals surface area contributed by atoms with E-state index in [9.17, 15) is 17.6 Å². The first kappa shape index (κ1) is 17.2. The molecule has 0 atom stereocenters. The van der Waals surface area contributed by atoms with E-state index < -0.39 is 20.7 Å². The number of anilines is 2. The van der Waals surface area contributed by atoms with Gasteiger partial charge in [-0.25, -0.2) is 17.6 Å². The molecule has 2 aromatic carbocycles. The normalized spacial score (nSPS) is 14.0. The fourth-order valence-corrected chi connectivity index (χ4v) is 3.45. The van der Waals surface area contributed by atoms with Crippen LogP contribution >= 0.6 is 0 Å². The van der Waals surface area contributed by atoms with Crippen molar-refractivity contribution < 1.29 is 17.6 Å². The number of nitrogens with one attached hydrogen (secondary N) is 3. The minimum Gasteiger partial charge on any atom is -0.335 e. The Morgan fingerprint density at radius 3 is 2.36 bits per heavy atom. The number of carbonyl (C=O) groups excluding carboxylic acids is 1. The van der Waals surface area contributed by atoms with Crippen molar-refractivity contribution in [1.82, 2.24) is 5.32 Å². The second kappa shape index (κ2) is 6.72. The average molecular weight is 363 g/mol. The first-order valence-electron chi connectivity index (χ1n) is 7.80. The fraction of sp³-hybridized carbons (Fsp3) is 0.235. The van der Waals surface area contributed by atoms with Gasteiger partial charge in [0.2, 0.25) is 0 Å². The molecule has 0 saturated heterocycles. The Balaban J connectivity index is 1.69. The summed E-state index contributed by atoms with van der Waals surface area (Å²) in [4.78, 5) is 11.3. The van der Waals surface area contributed by atoms with E-state index in [1.54, 1.807) is 19.1 Å². The summed E-state index contributed by atoms with van der Waals surface area (Å²) in [5.74, 6) is -0.812. The Hall–Kier alpha value is -2.61. The summed E-state index contributed by atoms with van der Waals surface area (Å²) in [5, 5.41) is 5.45. The molecule has 0 heterocycles. The molecule has 0 aromatic heterocycles. The zero-order chi connectivity index (χ0) is 18.0. The number of aryl methyl sites for hydroxylation is 1. The van der Waals surface area contributed by atoms with E-state index >= 15 is 0 Å². The predicted molar refractivity (Wildman–Crippen MR) is 93.6 cm³/mol. The number of benzene rings is 2. The molecule has 0 radical (unpaired) electrons. The third-order valence-corrected chi connectivity index (χ3v) is 5.08. The lowest BCUT2D eigenvalue weighted by Crippen LogP contribution is -2.30. The van der Waals surface area contributed by atoms with Crippen LogP contribution in [0.1, 0.15) is 18.4 Å². The molecule has 132 valence electrons. The van der Waals surface area contributed by atoms with Crippen LogP contribution in [0, 0.1) is 12.7 Å². The lowest BCUT2D eigenvalue weighted by atomic mass is 10.2. The number of carbonyl (C=O) groups is 1. The van der Waals surface area contributed by atoms with Crippen LogP contribution in [0.2, 0.25) is 0 Å². The van der Waals surface area contributed by atoms with Gasteiger partial charge >= 0.3 is 6.03 Å². The second-order valence-electron chi connectivity index (χ2n) is 5.99. The molecule has 1 aliphatic rings. The summed E-state index contributed by atoms with van der Waals surface area (Å²) in [6.45, 7) is 1.69. The highest BCUT2D eigenvalue weighted by Crippen LogP contribution is 2.22. The van der Waals surface area contributed by atoms with Gasteiger partial charge in [-0.2, -0.15) is 0 Å². The fourth-order valence-electron chi connectivity index (χ4n) is 2.23. The maximum atomic E-state index is 13.8. The van der Waals surface area contributed by atoms with Gasteiger partial charge in [-0.15, -0.1) is 0 Å². The van der Waals surface area contributed by atoms with E-state index in [-0.39, 0.29) is 17.8 Å². The van der Waals surface area contributed by atoms with Gasteiger partial charge in [0.1, 0.15) is 10.7 Å². The molecule has 3 N–H and O–H groups in total. The molecule has 0 bridgehead atoms. The number of urea groups is 1. The van der Waals surface area contributed by atoms with Gasteiger partial charge in [0, 0.05) is 17.4 Å². The minimum atomic E-state index is -4.03. The molecule has 1 saturated carbocycles. The van der Waals surface area contributed by atoms with Crippen molar-refractivity contribution >= 4 is 27.4 Å². The van der Waals surface area contributed by atoms with Crippen molar-refractivity contribution in [3.63, 3.8) is 0 Å². The maximum Gasteiger partial charge on any atom is 0.319 e. The van der Waals surface area contributed by atoms with Gasteiger partial charge in [-0.05, 0) is 61.7 Å². The molecule has 1 aliphatic carbocycles. The SMILES string of the molecule is Cc1ccc(F)c(S(=O)(=O)Nc2ccc(NC(=O)NC3CC3)cc2)c1. The van der Waals surface area contributed by atoms with Crippen LogP contribution in [0.4, 0.5) is 20.6 Å². The number of rotatable bonds is 5. The quantitative estimate of drug-likeness (QED) is 0.762. The second-order valence-corrected chi connectivity index (χ2v) is 7.64. The highest BCUT2D eigenvalue weighted by Gasteiger charge is 2.23. The van der Waals surface area contributed by atoms with Gasteiger partial charge in [0.05, 0.1) is 0 Å². The van der Waals surface area contributed by atoms with Crippen LogP contribution in [0.25, 0.3) is 0 Å². The lowest BCUT2D eigenvalue weighted by molar-refractivity contribution is 0.251. The molecular weight excluding hydrogens is 345 g/mol. The third kappa shape index (κ3) is 4.48. The van der Waals surface area contributed by atoms with Crippen LogP contribution in [-0.4, -0.2) is 20.5 Å². The molecule has 8 heteroatoms. The zero-order valence-corrected chi connectivity index (χ0v) is 14.4. The van der Waals surface area contributed by atoms with E-state index in [0.29, 0.717) is 11.3 Å². The van der Waals surface area contributed by atoms with Crippen molar-refractivity contribution in [2.75, 3.05) is 10.0 Å². The highest BCUT2D eigenvalue weighted by atomic mass is 32.2. The summed E-state index contributed by atoms with van der Waals surface area (Å²) in [6, 6.07) is 9.98. The smallest absolute Gasteiger partial charge is 0.319 e. The van der Waals surface area contributed by atoms with Crippen molar-refractivity contribution in [2.24, 2.45) is 0 Å². The van der Waals surface area contributed by atoms with Gasteiger partial charge in [0.15, 0.2) is 0 Å². The molecular formula is C17H18FN3O3S.